The van der Waals surface area contributed by atoms with Crippen molar-refractivity contribution in [2.45, 2.75) is 18.9 Å². The second kappa shape index (κ2) is 5.70. The van der Waals surface area contributed by atoms with Crippen LogP contribution in [0.15, 0.2) is 36.1 Å². The molecule has 0 amide bonds. The van der Waals surface area contributed by atoms with Gasteiger partial charge in [-0.15, -0.1) is 0 Å². The van der Waals surface area contributed by atoms with Crippen molar-refractivity contribution in [1.29, 1.82) is 0 Å². The van der Waals surface area contributed by atoms with Gasteiger partial charge in [-0.3, -0.25) is 5.84 Å². The number of para-hydroxylation sites is 1. The van der Waals surface area contributed by atoms with E-state index in [1.54, 1.807) is 13.4 Å². The SMILES string of the molecule is COc1ccccc1C(NN)C1=COCCC1. The molecule has 1 aromatic rings. The highest BCUT2D eigenvalue weighted by atomic mass is 16.5. The molecule has 2 rings (SSSR count). The molecule has 1 aliphatic heterocycles. The van der Waals surface area contributed by atoms with Gasteiger partial charge in [-0.1, -0.05) is 18.2 Å². The van der Waals surface area contributed by atoms with Gasteiger partial charge in [0.15, 0.2) is 0 Å². The molecule has 0 saturated carbocycles. The van der Waals surface area contributed by atoms with Gasteiger partial charge < -0.3 is 9.47 Å². The minimum atomic E-state index is -0.0496. The molecule has 17 heavy (non-hydrogen) atoms. The Hall–Kier alpha value is -1.52. The summed E-state index contributed by atoms with van der Waals surface area (Å²) in [5, 5.41) is 0. The van der Waals surface area contributed by atoms with Crippen LogP contribution in [-0.2, 0) is 4.74 Å². The van der Waals surface area contributed by atoms with Crippen LogP contribution in [0.5, 0.6) is 5.75 Å². The van der Waals surface area contributed by atoms with E-state index >= 15 is 0 Å². The normalized spacial score (nSPS) is 16.9. The Kier molecular flexibility index (Phi) is 4.01. The predicted molar refractivity (Wildman–Crippen MR) is 66.3 cm³/mol. The maximum atomic E-state index is 5.66. The monoisotopic (exact) mass is 234 g/mol. The summed E-state index contributed by atoms with van der Waals surface area (Å²) >= 11 is 0. The van der Waals surface area contributed by atoms with Crippen LogP contribution < -0.4 is 16.0 Å². The summed E-state index contributed by atoms with van der Waals surface area (Å²) in [6, 6.07) is 7.82. The van der Waals surface area contributed by atoms with E-state index in [2.05, 4.69) is 5.43 Å². The number of nitrogens with two attached hydrogens (primary N) is 1. The van der Waals surface area contributed by atoms with E-state index in [0.29, 0.717) is 0 Å². The molecule has 1 unspecified atom stereocenters. The van der Waals surface area contributed by atoms with Gasteiger partial charge in [-0.25, -0.2) is 5.43 Å². The number of hydrogen-bond acceptors (Lipinski definition) is 4. The second-order valence-corrected chi connectivity index (χ2v) is 4.01. The van der Waals surface area contributed by atoms with Crippen LogP contribution in [0.2, 0.25) is 0 Å². The summed E-state index contributed by atoms with van der Waals surface area (Å²) in [6.45, 7) is 0.784. The zero-order valence-corrected chi connectivity index (χ0v) is 9.98. The fourth-order valence-corrected chi connectivity index (χ4v) is 2.10. The minimum absolute atomic E-state index is 0.0496. The van der Waals surface area contributed by atoms with Gasteiger partial charge in [0, 0.05) is 5.56 Å². The first kappa shape index (κ1) is 12.0. The molecule has 4 nitrogen and oxygen atoms in total. The molecule has 92 valence electrons. The van der Waals surface area contributed by atoms with Gasteiger partial charge in [0.25, 0.3) is 0 Å². The van der Waals surface area contributed by atoms with E-state index < -0.39 is 0 Å². The number of ether oxygens (including phenoxy) is 2. The third-order valence-electron chi connectivity index (χ3n) is 2.95. The maximum absolute atomic E-state index is 5.66. The maximum Gasteiger partial charge on any atom is 0.124 e. The Labute approximate surface area is 101 Å². The van der Waals surface area contributed by atoms with Gasteiger partial charge in [0.05, 0.1) is 26.0 Å². The number of nitrogens with one attached hydrogen (secondary N) is 1. The number of hydrogen-bond donors (Lipinski definition) is 2. The van der Waals surface area contributed by atoms with Crippen molar-refractivity contribution >= 4 is 0 Å². The Balaban J connectivity index is 2.31. The quantitative estimate of drug-likeness (QED) is 0.617. The topological polar surface area (TPSA) is 56.5 Å². The third-order valence-corrected chi connectivity index (χ3v) is 2.95. The third kappa shape index (κ3) is 2.60. The highest BCUT2D eigenvalue weighted by Crippen LogP contribution is 2.32. The molecule has 4 heteroatoms. The van der Waals surface area contributed by atoms with Crippen LogP contribution >= 0.6 is 0 Å². The molecule has 3 N–H and O–H groups in total. The molecule has 0 saturated heterocycles. The lowest BCUT2D eigenvalue weighted by Gasteiger charge is -2.24. The van der Waals surface area contributed by atoms with Gasteiger partial charge in [-0.05, 0) is 24.5 Å². The minimum Gasteiger partial charge on any atom is -0.501 e. The average Bonchev–Trinajstić information content (AvgIpc) is 2.41. The average molecular weight is 234 g/mol. The Morgan fingerprint density at radius 3 is 2.88 bits per heavy atom. The Morgan fingerprint density at radius 2 is 2.24 bits per heavy atom. The van der Waals surface area contributed by atoms with Gasteiger partial charge in [0.2, 0.25) is 0 Å². The number of benzene rings is 1. The number of methoxy groups -OCH3 is 1. The zero-order chi connectivity index (χ0) is 12.1. The first-order valence-electron chi connectivity index (χ1n) is 5.76. The summed E-state index contributed by atoms with van der Waals surface area (Å²) in [4.78, 5) is 0. The standard InChI is InChI=1S/C13H18N2O2/c1-16-12-7-3-2-6-11(12)13(15-14)10-5-4-8-17-9-10/h2-3,6-7,9,13,15H,4-5,8,14H2,1H3. The molecule has 0 spiro atoms. The fourth-order valence-electron chi connectivity index (χ4n) is 2.10. The van der Waals surface area contributed by atoms with Crippen molar-refractivity contribution in [2.24, 2.45) is 5.84 Å². The van der Waals surface area contributed by atoms with Crippen LogP contribution in [0, 0.1) is 0 Å². The first-order chi connectivity index (χ1) is 8.36. The van der Waals surface area contributed by atoms with Crippen LogP contribution in [0.4, 0.5) is 0 Å². The van der Waals surface area contributed by atoms with E-state index in [0.717, 1.165) is 36.3 Å². The van der Waals surface area contributed by atoms with Crippen molar-refractivity contribution < 1.29 is 9.47 Å². The Morgan fingerprint density at radius 1 is 1.41 bits per heavy atom. The molecule has 0 aromatic heterocycles. The molecule has 1 aromatic carbocycles. The van der Waals surface area contributed by atoms with Gasteiger partial charge in [-0.2, -0.15) is 0 Å². The molecule has 0 bridgehead atoms. The molecule has 0 radical (unpaired) electrons. The molecule has 1 aliphatic rings. The lowest BCUT2D eigenvalue weighted by atomic mass is 9.95. The van der Waals surface area contributed by atoms with Crippen LogP contribution in [-0.4, -0.2) is 13.7 Å². The first-order valence-corrected chi connectivity index (χ1v) is 5.76. The van der Waals surface area contributed by atoms with E-state index in [4.69, 9.17) is 15.3 Å². The van der Waals surface area contributed by atoms with Gasteiger partial charge in [0.1, 0.15) is 5.75 Å². The van der Waals surface area contributed by atoms with Crippen molar-refractivity contribution in [3.05, 3.63) is 41.7 Å². The summed E-state index contributed by atoms with van der Waals surface area (Å²) in [6.07, 6.45) is 3.83. The molecular weight excluding hydrogens is 216 g/mol. The second-order valence-electron chi connectivity index (χ2n) is 4.01. The van der Waals surface area contributed by atoms with Crippen LogP contribution in [0.3, 0.4) is 0 Å². The lowest BCUT2D eigenvalue weighted by molar-refractivity contribution is 0.219. The highest BCUT2D eigenvalue weighted by Gasteiger charge is 2.20. The summed E-state index contributed by atoms with van der Waals surface area (Å²) in [7, 11) is 1.66. The van der Waals surface area contributed by atoms with Crippen molar-refractivity contribution in [1.82, 2.24) is 5.43 Å². The smallest absolute Gasteiger partial charge is 0.124 e. The molecule has 0 aliphatic carbocycles. The number of rotatable bonds is 4. The predicted octanol–water partition coefficient (Wildman–Crippen LogP) is 1.89. The summed E-state index contributed by atoms with van der Waals surface area (Å²) in [5.41, 5.74) is 5.03. The van der Waals surface area contributed by atoms with Crippen molar-refractivity contribution in [3.63, 3.8) is 0 Å². The van der Waals surface area contributed by atoms with E-state index in [9.17, 15) is 0 Å². The van der Waals surface area contributed by atoms with Crippen molar-refractivity contribution in [2.75, 3.05) is 13.7 Å². The summed E-state index contributed by atoms with van der Waals surface area (Å²) in [5.74, 6) is 6.49. The summed E-state index contributed by atoms with van der Waals surface area (Å²) < 4.78 is 10.7. The van der Waals surface area contributed by atoms with E-state index in [-0.39, 0.29) is 6.04 Å². The number of hydrazine groups is 1. The van der Waals surface area contributed by atoms with Gasteiger partial charge >= 0.3 is 0 Å². The Bertz CT molecular complexity index is 404. The van der Waals surface area contributed by atoms with Crippen LogP contribution in [0.1, 0.15) is 24.4 Å². The molecule has 1 atom stereocenters. The molecule has 1 heterocycles. The van der Waals surface area contributed by atoms with E-state index in [1.807, 2.05) is 24.3 Å². The fraction of sp³-hybridized carbons (Fsp3) is 0.385. The molecule has 0 fully saturated rings. The largest absolute Gasteiger partial charge is 0.501 e. The highest BCUT2D eigenvalue weighted by molar-refractivity contribution is 5.40. The zero-order valence-electron chi connectivity index (χ0n) is 9.98. The lowest BCUT2D eigenvalue weighted by Crippen LogP contribution is -2.30. The van der Waals surface area contributed by atoms with Crippen LogP contribution in [0.25, 0.3) is 0 Å². The molecular formula is C13H18N2O2. The van der Waals surface area contributed by atoms with Crippen molar-refractivity contribution in [3.8, 4) is 5.75 Å². The van der Waals surface area contributed by atoms with E-state index in [1.165, 1.54) is 0 Å².